The van der Waals surface area contributed by atoms with E-state index in [1.165, 1.54) is 12.8 Å². The lowest BCUT2D eigenvalue weighted by molar-refractivity contribution is -0.121. The first-order valence-electron chi connectivity index (χ1n) is 8.56. The summed E-state index contributed by atoms with van der Waals surface area (Å²) in [6.45, 7) is 6.23. The number of nitrogens with zero attached hydrogens (tertiary/aromatic N) is 3. The van der Waals surface area contributed by atoms with Crippen molar-refractivity contribution in [1.29, 1.82) is 0 Å². The van der Waals surface area contributed by atoms with Crippen LogP contribution in [-0.4, -0.2) is 47.1 Å². The van der Waals surface area contributed by atoms with Gasteiger partial charge in [-0.05, 0) is 43.3 Å². The minimum absolute atomic E-state index is 0.0382. The number of likely N-dealkylation sites (tertiary alicyclic amines) is 1. The molecule has 0 atom stereocenters. The van der Waals surface area contributed by atoms with Gasteiger partial charge in [-0.15, -0.1) is 11.3 Å². The molecule has 0 unspecified atom stereocenters. The summed E-state index contributed by atoms with van der Waals surface area (Å²) in [5.41, 5.74) is 0. The number of hydrogen-bond acceptors (Lipinski definition) is 6. The van der Waals surface area contributed by atoms with Crippen molar-refractivity contribution in [3.63, 3.8) is 0 Å². The van der Waals surface area contributed by atoms with Crippen molar-refractivity contribution in [3.8, 4) is 10.7 Å². The molecular weight excluding hydrogens is 324 g/mol. The molecule has 0 aromatic carbocycles. The van der Waals surface area contributed by atoms with Crippen molar-refractivity contribution >= 4 is 17.2 Å². The van der Waals surface area contributed by atoms with Crippen LogP contribution in [0.15, 0.2) is 22.0 Å². The molecule has 0 saturated carbocycles. The van der Waals surface area contributed by atoms with Crippen LogP contribution in [0.5, 0.6) is 0 Å². The van der Waals surface area contributed by atoms with E-state index in [1.54, 1.807) is 11.3 Å². The number of piperidine rings is 1. The number of aromatic nitrogens is 2. The van der Waals surface area contributed by atoms with Crippen molar-refractivity contribution in [2.24, 2.45) is 5.92 Å². The van der Waals surface area contributed by atoms with Crippen LogP contribution in [0.25, 0.3) is 10.7 Å². The standard InChI is InChI=1S/C17H24N4O2S/c1-13-6-9-21(10-7-13)11-8-18-15(22)4-5-16-19-17(20-23-16)14-3-2-12-24-14/h2-3,12-13H,4-11H2,1H3,(H,18,22). The maximum absolute atomic E-state index is 11.9. The number of carbonyl (C=O) groups excluding carboxylic acids is 1. The van der Waals surface area contributed by atoms with Gasteiger partial charge in [-0.1, -0.05) is 18.1 Å². The van der Waals surface area contributed by atoms with Crippen LogP contribution in [0.4, 0.5) is 0 Å². The number of amides is 1. The molecule has 3 rings (SSSR count). The lowest BCUT2D eigenvalue weighted by Gasteiger charge is -2.30. The molecule has 1 aliphatic rings. The normalized spacial score (nSPS) is 16.4. The Balaban J connectivity index is 1.34. The third-order valence-corrected chi connectivity index (χ3v) is 5.27. The second kappa shape index (κ2) is 8.39. The Kier molecular flexibility index (Phi) is 5.98. The van der Waals surface area contributed by atoms with Crippen LogP contribution >= 0.6 is 11.3 Å². The van der Waals surface area contributed by atoms with E-state index >= 15 is 0 Å². The molecule has 0 spiro atoms. The molecule has 1 N–H and O–H groups in total. The van der Waals surface area contributed by atoms with Gasteiger partial charge >= 0.3 is 0 Å². The third-order valence-electron chi connectivity index (χ3n) is 4.40. The molecular formula is C17H24N4O2S. The molecule has 2 aromatic heterocycles. The fraction of sp³-hybridized carbons (Fsp3) is 0.588. The number of carbonyl (C=O) groups is 1. The van der Waals surface area contributed by atoms with Gasteiger partial charge in [0.1, 0.15) is 0 Å². The van der Waals surface area contributed by atoms with Gasteiger partial charge in [-0.3, -0.25) is 4.79 Å². The molecule has 0 bridgehead atoms. The van der Waals surface area contributed by atoms with E-state index in [0.29, 0.717) is 31.1 Å². The van der Waals surface area contributed by atoms with E-state index in [4.69, 9.17) is 4.52 Å². The van der Waals surface area contributed by atoms with Gasteiger partial charge in [0.25, 0.3) is 0 Å². The van der Waals surface area contributed by atoms with Crippen LogP contribution in [-0.2, 0) is 11.2 Å². The Bertz CT molecular complexity index is 633. The van der Waals surface area contributed by atoms with Crippen LogP contribution < -0.4 is 5.32 Å². The monoisotopic (exact) mass is 348 g/mol. The summed E-state index contributed by atoms with van der Waals surface area (Å²) in [7, 11) is 0. The molecule has 130 valence electrons. The van der Waals surface area contributed by atoms with E-state index in [-0.39, 0.29) is 5.91 Å². The highest BCUT2D eigenvalue weighted by Gasteiger charge is 2.15. The third kappa shape index (κ3) is 4.88. The minimum Gasteiger partial charge on any atom is -0.355 e. The van der Waals surface area contributed by atoms with Crippen LogP contribution in [0, 0.1) is 5.92 Å². The Morgan fingerprint density at radius 2 is 2.29 bits per heavy atom. The van der Waals surface area contributed by atoms with E-state index in [2.05, 4.69) is 27.3 Å². The summed E-state index contributed by atoms with van der Waals surface area (Å²) in [5, 5.41) is 8.90. The zero-order valence-electron chi connectivity index (χ0n) is 14.0. The molecule has 6 nitrogen and oxygen atoms in total. The molecule has 1 saturated heterocycles. The van der Waals surface area contributed by atoms with E-state index in [0.717, 1.165) is 30.4 Å². The molecule has 7 heteroatoms. The second-order valence-electron chi connectivity index (χ2n) is 6.36. The second-order valence-corrected chi connectivity index (χ2v) is 7.31. The van der Waals surface area contributed by atoms with Crippen LogP contribution in [0.1, 0.15) is 32.1 Å². The van der Waals surface area contributed by atoms with Crippen LogP contribution in [0.3, 0.4) is 0 Å². The van der Waals surface area contributed by atoms with Gasteiger partial charge < -0.3 is 14.7 Å². The minimum atomic E-state index is 0.0382. The summed E-state index contributed by atoms with van der Waals surface area (Å²) in [6.07, 6.45) is 3.38. The molecule has 1 fully saturated rings. The van der Waals surface area contributed by atoms with Crippen molar-refractivity contribution < 1.29 is 9.32 Å². The number of rotatable bonds is 7. The highest BCUT2D eigenvalue weighted by Crippen LogP contribution is 2.21. The lowest BCUT2D eigenvalue weighted by atomic mass is 9.99. The molecule has 2 aromatic rings. The Hall–Kier alpha value is -1.73. The van der Waals surface area contributed by atoms with Gasteiger partial charge in [0.05, 0.1) is 4.88 Å². The predicted octanol–water partition coefficient (Wildman–Crippen LogP) is 2.58. The molecule has 0 radical (unpaired) electrons. The van der Waals surface area contributed by atoms with Crippen molar-refractivity contribution in [2.75, 3.05) is 26.2 Å². The maximum atomic E-state index is 11.9. The van der Waals surface area contributed by atoms with Crippen molar-refractivity contribution in [3.05, 3.63) is 23.4 Å². The summed E-state index contributed by atoms with van der Waals surface area (Å²) < 4.78 is 5.21. The average Bonchev–Trinajstić information content (AvgIpc) is 3.26. The topological polar surface area (TPSA) is 71.3 Å². The summed E-state index contributed by atoms with van der Waals surface area (Å²) in [4.78, 5) is 19.7. The fourth-order valence-electron chi connectivity index (χ4n) is 2.81. The van der Waals surface area contributed by atoms with Gasteiger partial charge in [0.2, 0.25) is 17.6 Å². The summed E-state index contributed by atoms with van der Waals surface area (Å²) in [5.74, 6) is 1.99. The molecule has 1 aliphatic heterocycles. The van der Waals surface area contributed by atoms with Crippen LogP contribution in [0.2, 0.25) is 0 Å². The Morgan fingerprint density at radius 3 is 3.04 bits per heavy atom. The first kappa shape index (κ1) is 17.1. The van der Waals surface area contributed by atoms with E-state index in [9.17, 15) is 4.79 Å². The highest BCUT2D eigenvalue weighted by molar-refractivity contribution is 7.13. The van der Waals surface area contributed by atoms with Gasteiger partial charge in [0, 0.05) is 25.9 Å². The quantitative estimate of drug-likeness (QED) is 0.833. The van der Waals surface area contributed by atoms with E-state index in [1.807, 2.05) is 17.5 Å². The van der Waals surface area contributed by atoms with Crippen molar-refractivity contribution in [1.82, 2.24) is 20.4 Å². The number of hydrogen-bond donors (Lipinski definition) is 1. The van der Waals surface area contributed by atoms with E-state index < -0.39 is 0 Å². The molecule has 1 amide bonds. The Morgan fingerprint density at radius 1 is 1.46 bits per heavy atom. The van der Waals surface area contributed by atoms with Gasteiger partial charge in [0.15, 0.2) is 0 Å². The first-order chi connectivity index (χ1) is 11.7. The zero-order valence-corrected chi connectivity index (χ0v) is 14.8. The SMILES string of the molecule is CC1CCN(CCNC(=O)CCc2nc(-c3cccs3)no2)CC1. The summed E-state index contributed by atoms with van der Waals surface area (Å²) >= 11 is 1.57. The average molecular weight is 348 g/mol. The number of nitrogens with one attached hydrogen (secondary N) is 1. The summed E-state index contributed by atoms with van der Waals surface area (Å²) in [6, 6.07) is 3.90. The maximum Gasteiger partial charge on any atom is 0.227 e. The van der Waals surface area contributed by atoms with Crippen molar-refractivity contribution in [2.45, 2.75) is 32.6 Å². The molecule has 24 heavy (non-hydrogen) atoms. The first-order valence-corrected chi connectivity index (χ1v) is 9.44. The van der Waals surface area contributed by atoms with Gasteiger partial charge in [-0.2, -0.15) is 4.98 Å². The predicted molar refractivity (Wildman–Crippen MR) is 93.8 cm³/mol. The lowest BCUT2D eigenvalue weighted by Crippen LogP contribution is -2.39. The molecule has 0 aliphatic carbocycles. The van der Waals surface area contributed by atoms with Gasteiger partial charge in [-0.25, -0.2) is 0 Å². The highest BCUT2D eigenvalue weighted by atomic mass is 32.1. The smallest absolute Gasteiger partial charge is 0.227 e. The Labute approximate surface area is 146 Å². The zero-order chi connectivity index (χ0) is 16.8. The number of thiophene rings is 1. The number of aryl methyl sites for hydroxylation is 1. The fourth-order valence-corrected chi connectivity index (χ4v) is 3.46. The molecule has 3 heterocycles. The largest absolute Gasteiger partial charge is 0.355 e.